The van der Waals surface area contributed by atoms with Gasteiger partial charge in [0.15, 0.2) is 5.69 Å². The Labute approximate surface area is 224 Å². The highest BCUT2D eigenvalue weighted by Gasteiger charge is 2.32. The summed E-state index contributed by atoms with van der Waals surface area (Å²) in [4.78, 5) is 30.8. The third kappa shape index (κ3) is 5.75. The number of phenols is 1. The quantitative estimate of drug-likeness (QED) is 0.412. The van der Waals surface area contributed by atoms with Crippen molar-refractivity contribution in [2.24, 2.45) is 0 Å². The van der Waals surface area contributed by atoms with Gasteiger partial charge in [0, 0.05) is 25.3 Å². The van der Waals surface area contributed by atoms with Crippen LogP contribution in [0.15, 0.2) is 48.5 Å². The Morgan fingerprint density at radius 3 is 2.37 bits per heavy atom. The second-order valence-corrected chi connectivity index (χ2v) is 10.0. The Hall–Kier alpha value is -3.65. The minimum absolute atomic E-state index is 0.0403. The molecular weight excluding hydrogens is 480 g/mol. The van der Waals surface area contributed by atoms with Crippen LogP contribution in [0.4, 0.5) is 0 Å². The summed E-state index contributed by atoms with van der Waals surface area (Å²) < 4.78 is 1.60. The van der Waals surface area contributed by atoms with Crippen molar-refractivity contribution in [3.05, 3.63) is 76.6 Å². The van der Waals surface area contributed by atoms with Gasteiger partial charge >= 0.3 is 0 Å². The van der Waals surface area contributed by atoms with Crippen LogP contribution in [0.3, 0.4) is 0 Å². The van der Waals surface area contributed by atoms with Crippen LogP contribution in [-0.4, -0.2) is 67.3 Å². The Bertz CT molecular complexity index is 1280. The topological polar surface area (TPSA) is 98.9 Å². The Morgan fingerprint density at radius 2 is 1.71 bits per heavy atom. The normalized spacial score (nSPS) is 14.8. The van der Waals surface area contributed by atoms with E-state index < -0.39 is 0 Å². The number of aliphatic hydroxyl groups is 1. The molecule has 1 aromatic heterocycles. The maximum atomic E-state index is 13.9. The van der Waals surface area contributed by atoms with Gasteiger partial charge in [0.05, 0.1) is 23.9 Å². The van der Waals surface area contributed by atoms with Gasteiger partial charge in [0.2, 0.25) is 0 Å². The van der Waals surface area contributed by atoms with Crippen molar-refractivity contribution in [1.29, 1.82) is 0 Å². The molecule has 0 aliphatic carbocycles. The van der Waals surface area contributed by atoms with Crippen molar-refractivity contribution >= 4 is 11.8 Å². The maximum Gasteiger partial charge on any atom is 0.274 e. The molecule has 0 bridgehead atoms. The fraction of sp³-hybridized carbons (Fsp3) is 0.433. The summed E-state index contributed by atoms with van der Waals surface area (Å²) in [6.07, 6.45) is 4.40. The first-order chi connectivity index (χ1) is 18.4. The summed E-state index contributed by atoms with van der Waals surface area (Å²) in [5.74, 6) is -0.463. The molecule has 2 N–H and O–H groups in total. The molecule has 2 heterocycles. The molecule has 0 fully saturated rings. The lowest BCUT2D eigenvalue weighted by molar-refractivity contribution is 0.0543. The van der Waals surface area contributed by atoms with Crippen LogP contribution >= 0.6 is 0 Å². The number of rotatable bonds is 10. The SMILES string of the molecule is CCCCN(CCCC)C(=O)c1cc(C)n(-c2ccc(O)cc2C(=O)N2Cc3ccccc3CC2CO)n1. The highest BCUT2D eigenvalue weighted by Crippen LogP contribution is 2.29. The van der Waals surface area contributed by atoms with Crippen molar-refractivity contribution in [2.45, 2.75) is 65.5 Å². The number of unbranched alkanes of at least 4 members (excludes halogenated alkanes) is 2. The lowest BCUT2D eigenvalue weighted by atomic mass is 9.93. The van der Waals surface area contributed by atoms with E-state index >= 15 is 0 Å². The van der Waals surface area contributed by atoms with Gasteiger partial charge in [-0.3, -0.25) is 9.59 Å². The maximum absolute atomic E-state index is 13.9. The average molecular weight is 519 g/mol. The molecule has 1 unspecified atom stereocenters. The molecule has 0 saturated heterocycles. The second kappa shape index (κ2) is 12.3. The van der Waals surface area contributed by atoms with Crippen LogP contribution in [0.5, 0.6) is 5.75 Å². The second-order valence-electron chi connectivity index (χ2n) is 10.0. The number of aromatic nitrogens is 2. The molecule has 8 heteroatoms. The Morgan fingerprint density at radius 1 is 1.03 bits per heavy atom. The highest BCUT2D eigenvalue weighted by atomic mass is 16.3. The van der Waals surface area contributed by atoms with Gasteiger partial charge in [-0.15, -0.1) is 0 Å². The molecule has 1 atom stereocenters. The lowest BCUT2D eigenvalue weighted by Gasteiger charge is -2.36. The number of amides is 2. The molecule has 2 amide bonds. The van der Waals surface area contributed by atoms with E-state index in [1.807, 2.05) is 36.1 Å². The first-order valence-electron chi connectivity index (χ1n) is 13.6. The lowest BCUT2D eigenvalue weighted by Crippen LogP contribution is -2.46. The smallest absolute Gasteiger partial charge is 0.274 e. The van der Waals surface area contributed by atoms with Crippen molar-refractivity contribution in [2.75, 3.05) is 19.7 Å². The summed E-state index contributed by atoms with van der Waals surface area (Å²) in [7, 11) is 0. The van der Waals surface area contributed by atoms with Gasteiger partial charge in [-0.2, -0.15) is 5.10 Å². The van der Waals surface area contributed by atoms with E-state index in [0.717, 1.165) is 36.8 Å². The number of hydrogen-bond acceptors (Lipinski definition) is 5. The molecule has 2 aromatic carbocycles. The van der Waals surface area contributed by atoms with Gasteiger partial charge in [0.1, 0.15) is 5.75 Å². The zero-order valence-electron chi connectivity index (χ0n) is 22.6. The number of carbonyl (C=O) groups excluding carboxylic acids is 2. The number of aromatic hydroxyl groups is 1. The standard InChI is InChI=1S/C30H38N4O4/c1-4-6-14-32(15-7-5-2)30(38)27-16-21(3)34(31-27)28-13-12-25(36)18-26(28)29(37)33-19-23-11-9-8-10-22(23)17-24(33)20-35/h8-13,16,18,24,35-36H,4-7,14-15,17,19-20H2,1-3H3. The van der Waals surface area contributed by atoms with E-state index in [4.69, 9.17) is 0 Å². The van der Waals surface area contributed by atoms with E-state index in [1.54, 1.807) is 21.7 Å². The number of benzene rings is 2. The van der Waals surface area contributed by atoms with Crippen molar-refractivity contribution < 1.29 is 19.8 Å². The fourth-order valence-electron chi connectivity index (χ4n) is 5.02. The number of aryl methyl sites for hydroxylation is 1. The van der Waals surface area contributed by atoms with E-state index in [9.17, 15) is 19.8 Å². The molecule has 1 aliphatic rings. The average Bonchev–Trinajstić information content (AvgIpc) is 3.32. The van der Waals surface area contributed by atoms with Crippen LogP contribution in [0.2, 0.25) is 0 Å². The molecule has 0 saturated carbocycles. The largest absolute Gasteiger partial charge is 0.508 e. The minimum Gasteiger partial charge on any atom is -0.508 e. The molecule has 38 heavy (non-hydrogen) atoms. The molecule has 4 rings (SSSR count). The number of phenolic OH excluding ortho intramolecular Hbond substituents is 1. The first-order valence-corrected chi connectivity index (χ1v) is 13.6. The van der Waals surface area contributed by atoms with E-state index in [1.165, 1.54) is 12.1 Å². The number of fused-ring (bicyclic) bond motifs is 1. The summed E-state index contributed by atoms with van der Waals surface area (Å²) in [5, 5.41) is 25.0. The third-order valence-electron chi connectivity index (χ3n) is 7.22. The van der Waals surface area contributed by atoms with Crippen LogP contribution in [0, 0.1) is 6.92 Å². The number of carbonyl (C=O) groups is 2. The van der Waals surface area contributed by atoms with Crippen molar-refractivity contribution in [3.63, 3.8) is 0 Å². The van der Waals surface area contributed by atoms with Gasteiger partial charge in [-0.05, 0) is 61.6 Å². The Balaban J connectivity index is 1.68. The number of aliphatic hydroxyl groups excluding tert-OH is 1. The molecule has 0 spiro atoms. The predicted octanol–water partition coefficient (Wildman–Crippen LogP) is 4.49. The Kier molecular flexibility index (Phi) is 8.84. The first kappa shape index (κ1) is 27.4. The molecule has 1 aliphatic heterocycles. The van der Waals surface area contributed by atoms with E-state index in [2.05, 4.69) is 18.9 Å². The van der Waals surface area contributed by atoms with Crippen molar-refractivity contribution in [1.82, 2.24) is 19.6 Å². The van der Waals surface area contributed by atoms with Crippen LogP contribution in [0.25, 0.3) is 5.69 Å². The van der Waals surface area contributed by atoms with Crippen LogP contribution < -0.4 is 0 Å². The minimum atomic E-state index is -0.380. The molecule has 202 valence electrons. The third-order valence-corrected chi connectivity index (χ3v) is 7.22. The summed E-state index contributed by atoms with van der Waals surface area (Å²) >= 11 is 0. The van der Waals surface area contributed by atoms with Gasteiger partial charge in [0.25, 0.3) is 11.8 Å². The molecule has 0 radical (unpaired) electrons. The summed E-state index contributed by atoms with van der Waals surface area (Å²) in [6, 6.07) is 13.9. The van der Waals surface area contributed by atoms with E-state index in [-0.39, 0.29) is 35.8 Å². The van der Waals surface area contributed by atoms with Crippen molar-refractivity contribution in [3.8, 4) is 11.4 Å². The number of hydrogen-bond donors (Lipinski definition) is 2. The summed E-state index contributed by atoms with van der Waals surface area (Å²) in [6.45, 7) is 7.62. The van der Waals surface area contributed by atoms with Crippen LogP contribution in [0.1, 0.15) is 77.2 Å². The zero-order valence-corrected chi connectivity index (χ0v) is 22.6. The number of nitrogens with zero attached hydrogens (tertiary/aromatic N) is 4. The van der Waals surface area contributed by atoms with E-state index in [0.29, 0.717) is 43.1 Å². The van der Waals surface area contributed by atoms with Gasteiger partial charge in [-0.1, -0.05) is 51.0 Å². The van der Waals surface area contributed by atoms with Crippen LogP contribution in [-0.2, 0) is 13.0 Å². The predicted molar refractivity (Wildman–Crippen MR) is 147 cm³/mol. The highest BCUT2D eigenvalue weighted by molar-refractivity contribution is 5.99. The molecule has 3 aromatic rings. The van der Waals surface area contributed by atoms with Gasteiger partial charge in [-0.25, -0.2) is 4.68 Å². The molecule has 8 nitrogen and oxygen atoms in total. The zero-order chi connectivity index (χ0) is 27.2. The summed E-state index contributed by atoms with van der Waals surface area (Å²) in [5.41, 5.74) is 3.95. The van der Waals surface area contributed by atoms with Gasteiger partial charge < -0.3 is 20.0 Å². The fourth-order valence-corrected chi connectivity index (χ4v) is 5.02. The monoisotopic (exact) mass is 518 g/mol. The molecular formula is C30H38N4O4.